The van der Waals surface area contributed by atoms with Crippen LogP contribution in [0.15, 0.2) is 36.4 Å². The summed E-state index contributed by atoms with van der Waals surface area (Å²) in [4.78, 5) is 22.6. The molecule has 0 atom stereocenters. The molecule has 1 radical (unpaired) electrons. The Morgan fingerprint density at radius 2 is 2.00 bits per heavy atom. The molecule has 137 valence electrons. The van der Waals surface area contributed by atoms with Crippen molar-refractivity contribution in [2.75, 3.05) is 50.1 Å². The molecule has 6 heteroatoms. The van der Waals surface area contributed by atoms with Crippen LogP contribution in [0.2, 0.25) is 0 Å². The first-order valence-electron chi connectivity index (χ1n) is 8.95. The predicted octanol–water partition coefficient (Wildman–Crippen LogP) is 1.76. The Bertz CT molecular complexity index is 761. The summed E-state index contributed by atoms with van der Waals surface area (Å²) in [5.41, 5.74) is 8.13. The van der Waals surface area contributed by atoms with Crippen molar-refractivity contribution in [3.63, 3.8) is 0 Å². The maximum atomic E-state index is 11.3. The quantitative estimate of drug-likeness (QED) is 0.888. The lowest BCUT2D eigenvalue weighted by atomic mass is 10.1. The van der Waals surface area contributed by atoms with Crippen molar-refractivity contribution < 1.29 is 4.79 Å². The maximum absolute atomic E-state index is 11.3. The van der Waals surface area contributed by atoms with E-state index in [0.29, 0.717) is 0 Å². The number of benzene rings is 1. The number of nitrogens with zero attached hydrogens (tertiary/aromatic N) is 4. The molecule has 6 nitrogen and oxygen atoms in total. The molecular formula is C20H26N5O. The molecule has 1 saturated heterocycles. The van der Waals surface area contributed by atoms with Gasteiger partial charge in [-0.05, 0) is 30.2 Å². The number of pyridine rings is 1. The Balaban J connectivity index is 1.67. The second-order valence-electron chi connectivity index (χ2n) is 6.80. The molecule has 3 rings (SSSR count). The van der Waals surface area contributed by atoms with E-state index in [1.54, 1.807) is 6.07 Å². The average Bonchev–Trinajstić information content (AvgIpc) is 2.88. The predicted molar refractivity (Wildman–Crippen MR) is 104 cm³/mol. The molecule has 1 fully saturated rings. The number of para-hydroxylation sites is 1. The summed E-state index contributed by atoms with van der Waals surface area (Å²) in [6.07, 6.45) is 1.05. The largest absolute Gasteiger partial charge is 0.377 e. The number of hydrogen-bond acceptors (Lipinski definition) is 5. The standard InChI is InChI=1S/C20H26N5O/c1-23(2)18-9-4-3-7-16(18)15-24-11-6-12-25(14-13-24)19-10-5-8-17(22-19)20(21)26/h3-5,7,9-10H,6,11-15H2,1-2H3,(H2,21,26). The van der Waals surface area contributed by atoms with Crippen LogP contribution in [0, 0.1) is 6.07 Å². The zero-order valence-corrected chi connectivity index (χ0v) is 15.5. The Labute approximate surface area is 155 Å². The first-order chi connectivity index (χ1) is 12.5. The fourth-order valence-electron chi connectivity index (χ4n) is 3.36. The van der Waals surface area contributed by atoms with Crippen molar-refractivity contribution in [3.05, 3.63) is 53.7 Å². The summed E-state index contributed by atoms with van der Waals surface area (Å²) in [6, 6.07) is 14.9. The van der Waals surface area contributed by atoms with Crippen molar-refractivity contribution >= 4 is 17.4 Å². The summed E-state index contributed by atoms with van der Waals surface area (Å²) >= 11 is 0. The minimum Gasteiger partial charge on any atom is -0.377 e. The minimum absolute atomic E-state index is 0.198. The first kappa shape index (κ1) is 18.2. The van der Waals surface area contributed by atoms with E-state index in [2.05, 4.69) is 64.1 Å². The van der Waals surface area contributed by atoms with Gasteiger partial charge >= 0.3 is 0 Å². The van der Waals surface area contributed by atoms with Crippen LogP contribution in [-0.2, 0) is 6.54 Å². The molecule has 0 aliphatic carbocycles. The van der Waals surface area contributed by atoms with E-state index in [-0.39, 0.29) is 5.69 Å². The van der Waals surface area contributed by atoms with Gasteiger partial charge in [-0.3, -0.25) is 9.69 Å². The summed E-state index contributed by atoms with van der Waals surface area (Å²) in [6.45, 7) is 4.72. The van der Waals surface area contributed by atoms with Crippen LogP contribution in [0.4, 0.5) is 11.5 Å². The number of rotatable bonds is 5. The number of amides is 1. The number of anilines is 2. The molecule has 1 aliphatic rings. The Hall–Kier alpha value is -2.60. The number of nitrogens with two attached hydrogens (primary N) is 1. The van der Waals surface area contributed by atoms with Gasteiger partial charge in [0.25, 0.3) is 5.91 Å². The molecule has 0 saturated carbocycles. The number of carbonyl (C=O) groups is 1. The third-order valence-electron chi connectivity index (χ3n) is 4.69. The molecule has 0 spiro atoms. The highest BCUT2D eigenvalue weighted by atomic mass is 16.1. The van der Waals surface area contributed by atoms with Crippen LogP contribution in [0.5, 0.6) is 0 Å². The lowest BCUT2D eigenvalue weighted by Crippen LogP contribution is -2.31. The first-order valence-corrected chi connectivity index (χ1v) is 8.95. The van der Waals surface area contributed by atoms with Gasteiger partial charge in [0, 0.05) is 58.6 Å². The van der Waals surface area contributed by atoms with E-state index in [1.165, 1.54) is 11.3 Å². The molecule has 1 aromatic carbocycles. The van der Waals surface area contributed by atoms with Gasteiger partial charge in [-0.15, -0.1) is 0 Å². The Morgan fingerprint density at radius 1 is 1.19 bits per heavy atom. The highest BCUT2D eigenvalue weighted by Crippen LogP contribution is 2.21. The molecule has 26 heavy (non-hydrogen) atoms. The number of hydrogen-bond donors (Lipinski definition) is 1. The summed E-state index contributed by atoms with van der Waals surface area (Å²) in [5, 5.41) is 0. The Morgan fingerprint density at radius 3 is 2.77 bits per heavy atom. The topological polar surface area (TPSA) is 65.7 Å². The molecule has 0 bridgehead atoms. The third kappa shape index (κ3) is 4.32. The summed E-state index contributed by atoms with van der Waals surface area (Å²) in [5.74, 6) is 0.261. The van der Waals surface area contributed by atoms with Gasteiger partial charge in [0.05, 0.1) is 0 Å². The molecule has 1 aliphatic heterocycles. The molecule has 2 heterocycles. The van der Waals surface area contributed by atoms with Crippen LogP contribution >= 0.6 is 0 Å². The Kier molecular flexibility index (Phi) is 5.73. The molecule has 1 amide bonds. The van der Waals surface area contributed by atoms with Crippen molar-refractivity contribution in [3.8, 4) is 0 Å². The zero-order chi connectivity index (χ0) is 18.5. The summed E-state index contributed by atoms with van der Waals surface area (Å²) < 4.78 is 0. The van der Waals surface area contributed by atoms with Crippen LogP contribution in [0.1, 0.15) is 22.5 Å². The summed E-state index contributed by atoms with van der Waals surface area (Å²) in [7, 11) is 4.16. The van der Waals surface area contributed by atoms with Crippen molar-refractivity contribution in [1.29, 1.82) is 0 Å². The number of carbonyl (C=O) groups excluding carboxylic acids is 1. The van der Waals surface area contributed by atoms with Gasteiger partial charge in [-0.2, -0.15) is 0 Å². The molecule has 2 aromatic rings. The van der Waals surface area contributed by atoms with Gasteiger partial charge in [0.15, 0.2) is 0 Å². The van der Waals surface area contributed by atoms with E-state index in [4.69, 9.17) is 5.73 Å². The van der Waals surface area contributed by atoms with E-state index in [1.807, 2.05) is 6.07 Å². The number of primary amides is 1. The van der Waals surface area contributed by atoms with Gasteiger partial charge in [-0.1, -0.05) is 18.2 Å². The third-order valence-corrected chi connectivity index (χ3v) is 4.69. The lowest BCUT2D eigenvalue weighted by Gasteiger charge is -2.25. The lowest BCUT2D eigenvalue weighted by molar-refractivity contribution is 0.0995. The minimum atomic E-state index is -0.538. The average molecular weight is 352 g/mol. The van der Waals surface area contributed by atoms with Crippen LogP contribution < -0.4 is 15.5 Å². The highest BCUT2D eigenvalue weighted by molar-refractivity contribution is 5.90. The van der Waals surface area contributed by atoms with Crippen LogP contribution in [-0.4, -0.2) is 56.1 Å². The normalized spacial score (nSPS) is 15.5. The van der Waals surface area contributed by atoms with Gasteiger partial charge in [-0.25, -0.2) is 4.98 Å². The SMILES string of the molecule is CN(C)c1ccccc1CN1CCCN(c2cc[c]c(C(N)=O)n2)CC1. The second-order valence-corrected chi connectivity index (χ2v) is 6.80. The highest BCUT2D eigenvalue weighted by Gasteiger charge is 2.18. The monoisotopic (exact) mass is 352 g/mol. The molecule has 0 unspecified atom stereocenters. The smallest absolute Gasteiger partial charge is 0.268 e. The van der Waals surface area contributed by atoms with E-state index < -0.39 is 5.91 Å². The second kappa shape index (κ2) is 8.19. The fourth-order valence-corrected chi connectivity index (χ4v) is 3.36. The zero-order valence-electron chi connectivity index (χ0n) is 15.5. The molecular weight excluding hydrogens is 326 g/mol. The van der Waals surface area contributed by atoms with Crippen molar-refractivity contribution in [2.45, 2.75) is 13.0 Å². The van der Waals surface area contributed by atoms with E-state index in [9.17, 15) is 4.79 Å². The molecule has 1 aromatic heterocycles. The maximum Gasteiger partial charge on any atom is 0.268 e. The van der Waals surface area contributed by atoms with Gasteiger partial charge in [0.1, 0.15) is 11.5 Å². The van der Waals surface area contributed by atoms with Crippen molar-refractivity contribution in [2.24, 2.45) is 5.73 Å². The number of aromatic nitrogens is 1. The van der Waals surface area contributed by atoms with Gasteiger partial charge in [0.2, 0.25) is 0 Å². The van der Waals surface area contributed by atoms with Crippen molar-refractivity contribution in [1.82, 2.24) is 9.88 Å². The van der Waals surface area contributed by atoms with Crippen LogP contribution in [0.25, 0.3) is 0 Å². The fraction of sp³-hybridized carbons (Fsp3) is 0.400. The molecule has 2 N–H and O–H groups in total. The van der Waals surface area contributed by atoms with Gasteiger partial charge < -0.3 is 15.5 Å². The van der Waals surface area contributed by atoms with E-state index in [0.717, 1.165) is 45.0 Å². The van der Waals surface area contributed by atoms with E-state index >= 15 is 0 Å². The van der Waals surface area contributed by atoms with Crippen LogP contribution in [0.3, 0.4) is 0 Å².